The molecule has 0 aromatic heterocycles. The van der Waals surface area contributed by atoms with E-state index in [9.17, 15) is 0 Å². The third-order valence-electron chi connectivity index (χ3n) is 3.75. The molecule has 1 atom stereocenters. The summed E-state index contributed by atoms with van der Waals surface area (Å²) in [6, 6.07) is 6.50. The smallest absolute Gasteiger partial charge is 0.119 e. The Labute approximate surface area is 96.3 Å². The van der Waals surface area contributed by atoms with Gasteiger partial charge in [0.2, 0.25) is 0 Å². The maximum atomic E-state index is 5.32. The zero-order chi connectivity index (χ0) is 11.0. The number of nitrogens with zero attached hydrogens (tertiary/aromatic N) is 1. The highest BCUT2D eigenvalue weighted by Crippen LogP contribution is 2.37. The number of hydrogen-bond donors (Lipinski definition) is 0. The lowest BCUT2D eigenvalue weighted by molar-refractivity contribution is 0.413. The molecule has 3 rings (SSSR count). The van der Waals surface area contributed by atoms with Crippen molar-refractivity contribution < 1.29 is 4.74 Å². The summed E-state index contributed by atoms with van der Waals surface area (Å²) in [7, 11) is 1.74. The fourth-order valence-electron chi connectivity index (χ4n) is 2.90. The largest absolute Gasteiger partial charge is 0.497 e. The fourth-order valence-corrected chi connectivity index (χ4v) is 2.90. The van der Waals surface area contributed by atoms with Gasteiger partial charge in [-0.25, -0.2) is 0 Å². The minimum atomic E-state index is 0.576. The second-order valence-electron chi connectivity index (χ2n) is 4.63. The molecule has 0 spiro atoms. The molecule has 2 aliphatic rings. The number of benzene rings is 1. The molecule has 1 aliphatic heterocycles. The third kappa shape index (κ3) is 1.53. The topological polar surface area (TPSA) is 21.6 Å². The molecule has 1 aromatic rings. The van der Waals surface area contributed by atoms with Gasteiger partial charge in [-0.1, -0.05) is 6.07 Å². The zero-order valence-corrected chi connectivity index (χ0v) is 9.70. The van der Waals surface area contributed by atoms with Gasteiger partial charge in [0.25, 0.3) is 0 Å². The number of rotatable bonds is 1. The van der Waals surface area contributed by atoms with E-state index in [-0.39, 0.29) is 0 Å². The minimum absolute atomic E-state index is 0.576. The summed E-state index contributed by atoms with van der Waals surface area (Å²) in [4.78, 5) is 4.68. The van der Waals surface area contributed by atoms with Gasteiger partial charge in [0, 0.05) is 18.2 Å². The molecule has 0 saturated heterocycles. The van der Waals surface area contributed by atoms with E-state index in [0.717, 1.165) is 25.1 Å². The van der Waals surface area contributed by atoms with Crippen molar-refractivity contribution in [2.45, 2.75) is 31.6 Å². The Bertz CT molecular complexity index is 436. The zero-order valence-electron chi connectivity index (χ0n) is 9.70. The number of aryl methyl sites for hydroxylation is 1. The first-order valence-corrected chi connectivity index (χ1v) is 6.08. The summed E-state index contributed by atoms with van der Waals surface area (Å²) < 4.78 is 5.32. The van der Waals surface area contributed by atoms with Gasteiger partial charge >= 0.3 is 0 Å². The van der Waals surface area contributed by atoms with E-state index in [2.05, 4.69) is 23.2 Å². The second-order valence-corrected chi connectivity index (χ2v) is 4.63. The van der Waals surface area contributed by atoms with E-state index in [1.54, 1.807) is 7.11 Å². The molecule has 1 unspecified atom stereocenters. The fraction of sp³-hybridized carbons (Fsp3) is 0.500. The van der Waals surface area contributed by atoms with Crippen molar-refractivity contribution in [1.82, 2.24) is 0 Å². The average molecular weight is 215 g/mol. The first kappa shape index (κ1) is 9.88. The molecule has 0 radical (unpaired) electrons. The van der Waals surface area contributed by atoms with Crippen LogP contribution in [0.2, 0.25) is 0 Å². The Morgan fingerprint density at radius 2 is 2.25 bits per heavy atom. The van der Waals surface area contributed by atoms with Crippen molar-refractivity contribution in [3.63, 3.8) is 0 Å². The van der Waals surface area contributed by atoms with Crippen molar-refractivity contribution >= 4 is 5.71 Å². The van der Waals surface area contributed by atoms with Crippen molar-refractivity contribution in [3.8, 4) is 5.75 Å². The average Bonchev–Trinajstić information content (AvgIpc) is 2.38. The van der Waals surface area contributed by atoms with Crippen LogP contribution < -0.4 is 4.74 Å². The molecular formula is C14H17NO. The Hall–Kier alpha value is -1.31. The number of ether oxygens (including phenoxy) is 1. The van der Waals surface area contributed by atoms with Gasteiger partial charge in [-0.15, -0.1) is 0 Å². The van der Waals surface area contributed by atoms with Crippen molar-refractivity contribution in [3.05, 3.63) is 29.3 Å². The number of hydrogen-bond acceptors (Lipinski definition) is 2. The van der Waals surface area contributed by atoms with Crippen LogP contribution in [0.1, 0.15) is 36.3 Å². The number of methoxy groups -OCH3 is 1. The van der Waals surface area contributed by atoms with Gasteiger partial charge in [0.1, 0.15) is 5.75 Å². The van der Waals surface area contributed by atoms with Crippen LogP contribution in [-0.4, -0.2) is 19.4 Å². The van der Waals surface area contributed by atoms with E-state index < -0.39 is 0 Å². The minimum Gasteiger partial charge on any atom is -0.497 e. The first-order chi connectivity index (χ1) is 7.88. The number of fused-ring (bicyclic) bond motifs is 3. The summed E-state index contributed by atoms with van der Waals surface area (Å²) in [5.74, 6) is 1.55. The SMILES string of the molecule is COc1ccc2c(c1)C1CCCN=C1CC2. The van der Waals surface area contributed by atoms with Crippen LogP contribution in [-0.2, 0) is 6.42 Å². The van der Waals surface area contributed by atoms with E-state index in [1.165, 1.54) is 29.7 Å². The molecule has 0 saturated carbocycles. The van der Waals surface area contributed by atoms with Crippen molar-refractivity contribution in [2.24, 2.45) is 4.99 Å². The van der Waals surface area contributed by atoms with E-state index in [1.807, 2.05) is 0 Å². The van der Waals surface area contributed by atoms with Crippen molar-refractivity contribution in [2.75, 3.05) is 13.7 Å². The molecular weight excluding hydrogens is 198 g/mol. The summed E-state index contributed by atoms with van der Waals surface area (Å²) in [6.45, 7) is 1.03. The third-order valence-corrected chi connectivity index (χ3v) is 3.75. The predicted octanol–water partition coefficient (Wildman–Crippen LogP) is 2.96. The summed E-state index contributed by atoms with van der Waals surface area (Å²) in [5, 5.41) is 0. The maximum Gasteiger partial charge on any atom is 0.119 e. The molecule has 0 fully saturated rings. The second kappa shape index (κ2) is 3.93. The monoisotopic (exact) mass is 215 g/mol. The standard InChI is InChI=1S/C14H17NO/c1-16-11-6-4-10-5-7-14-12(13(10)9-11)3-2-8-15-14/h4,6,9,12H,2-3,5,7-8H2,1H3. The summed E-state index contributed by atoms with van der Waals surface area (Å²) >= 11 is 0. The van der Waals surface area contributed by atoms with Gasteiger partial charge < -0.3 is 4.74 Å². The van der Waals surface area contributed by atoms with Crippen LogP contribution in [0.25, 0.3) is 0 Å². The normalized spacial score (nSPS) is 23.1. The molecule has 1 aromatic carbocycles. The van der Waals surface area contributed by atoms with Gasteiger partial charge in [-0.05, 0) is 48.9 Å². The number of aliphatic imine (C=N–C) groups is 1. The molecule has 1 aliphatic carbocycles. The van der Waals surface area contributed by atoms with Gasteiger partial charge in [-0.2, -0.15) is 0 Å². The lowest BCUT2D eigenvalue weighted by Gasteiger charge is -2.30. The van der Waals surface area contributed by atoms with Gasteiger partial charge in [0.15, 0.2) is 0 Å². The lowest BCUT2D eigenvalue weighted by atomic mass is 9.77. The Kier molecular flexibility index (Phi) is 2.43. The van der Waals surface area contributed by atoms with E-state index in [4.69, 9.17) is 4.74 Å². The van der Waals surface area contributed by atoms with Gasteiger partial charge in [-0.3, -0.25) is 4.99 Å². The van der Waals surface area contributed by atoms with Crippen molar-refractivity contribution in [1.29, 1.82) is 0 Å². The van der Waals surface area contributed by atoms with Crippen LogP contribution in [0, 0.1) is 0 Å². The van der Waals surface area contributed by atoms with Crippen LogP contribution in [0.4, 0.5) is 0 Å². The Morgan fingerprint density at radius 3 is 3.12 bits per heavy atom. The maximum absolute atomic E-state index is 5.32. The van der Waals surface area contributed by atoms with E-state index in [0.29, 0.717) is 5.92 Å². The highest BCUT2D eigenvalue weighted by atomic mass is 16.5. The van der Waals surface area contributed by atoms with Crippen LogP contribution >= 0.6 is 0 Å². The first-order valence-electron chi connectivity index (χ1n) is 6.08. The lowest BCUT2D eigenvalue weighted by Crippen LogP contribution is -2.24. The predicted molar refractivity (Wildman–Crippen MR) is 65.6 cm³/mol. The highest BCUT2D eigenvalue weighted by molar-refractivity contribution is 5.93. The summed E-state index contributed by atoms with van der Waals surface area (Å²) in [6.07, 6.45) is 4.79. The molecule has 16 heavy (non-hydrogen) atoms. The molecule has 0 bridgehead atoms. The highest BCUT2D eigenvalue weighted by Gasteiger charge is 2.27. The Balaban J connectivity index is 2.06. The molecule has 2 heteroatoms. The molecule has 1 heterocycles. The molecule has 0 N–H and O–H groups in total. The van der Waals surface area contributed by atoms with Gasteiger partial charge in [0.05, 0.1) is 7.11 Å². The van der Waals surface area contributed by atoms with Crippen LogP contribution in [0.5, 0.6) is 5.75 Å². The van der Waals surface area contributed by atoms with Crippen LogP contribution in [0.3, 0.4) is 0 Å². The van der Waals surface area contributed by atoms with E-state index >= 15 is 0 Å². The summed E-state index contributed by atoms with van der Waals surface area (Å²) in [5.41, 5.74) is 4.38. The molecule has 84 valence electrons. The Morgan fingerprint density at radius 1 is 1.31 bits per heavy atom. The quantitative estimate of drug-likeness (QED) is 0.705. The van der Waals surface area contributed by atoms with Crippen LogP contribution in [0.15, 0.2) is 23.2 Å². The molecule has 2 nitrogen and oxygen atoms in total. The molecule has 0 amide bonds.